The Morgan fingerprint density at radius 2 is 2.41 bits per heavy atom. The third-order valence-corrected chi connectivity index (χ3v) is 4.10. The Balaban J connectivity index is 1.91. The fraction of sp³-hybridized carbons (Fsp3) is 0.615. The van der Waals surface area contributed by atoms with Crippen molar-refractivity contribution in [1.82, 2.24) is 15.2 Å². The monoisotopic (exact) mass is 233 g/mol. The van der Waals surface area contributed by atoms with Crippen LogP contribution in [0.25, 0.3) is 0 Å². The Labute approximate surface area is 102 Å². The van der Waals surface area contributed by atoms with Crippen LogP contribution in [0.2, 0.25) is 0 Å². The van der Waals surface area contributed by atoms with Gasteiger partial charge in [-0.25, -0.2) is 0 Å². The summed E-state index contributed by atoms with van der Waals surface area (Å²) in [5.41, 5.74) is 1.45. The molecule has 0 radical (unpaired) electrons. The van der Waals surface area contributed by atoms with Crippen molar-refractivity contribution in [3.63, 3.8) is 0 Å². The molecule has 3 rings (SSSR count). The molecule has 1 aromatic heterocycles. The summed E-state index contributed by atoms with van der Waals surface area (Å²) in [6, 6.07) is 4.71. The van der Waals surface area contributed by atoms with E-state index in [0.717, 1.165) is 32.8 Å². The second-order valence-electron chi connectivity index (χ2n) is 5.09. The molecule has 1 N–H and O–H groups in total. The third-order valence-electron chi connectivity index (χ3n) is 4.10. The van der Waals surface area contributed by atoms with Crippen molar-refractivity contribution in [2.75, 3.05) is 39.9 Å². The van der Waals surface area contributed by atoms with E-state index in [9.17, 15) is 0 Å². The van der Waals surface area contributed by atoms with Gasteiger partial charge in [0.25, 0.3) is 0 Å². The molecule has 2 saturated heterocycles. The molecule has 2 fully saturated rings. The fourth-order valence-electron chi connectivity index (χ4n) is 2.95. The minimum atomic E-state index is 0.135. The van der Waals surface area contributed by atoms with Gasteiger partial charge in [0.15, 0.2) is 0 Å². The van der Waals surface area contributed by atoms with Crippen LogP contribution in [-0.4, -0.2) is 55.8 Å². The Kier molecular flexibility index (Phi) is 2.86. The largest absolute Gasteiger partial charge is 0.379 e. The molecule has 0 saturated carbocycles. The van der Waals surface area contributed by atoms with Crippen LogP contribution in [0.5, 0.6) is 0 Å². The van der Waals surface area contributed by atoms with E-state index in [-0.39, 0.29) is 5.41 Å². The number of pyridine rings is 1. The van der Waals surface area contributed by atoms with Crippen molar-refractivity contribution in [2.45, 2.75) is 11.5 Å². The highest BCUT2D eigenvalue weighted by atomic mass is 16.5. The summed E-state index contributed by atoms with van der Waals surface area (Å²) in [6.07, 6.45) is 3.82. The number of likely N-dealkylation sites (N-methyl/N-ethyl adjacent to an activating group) is 1. The second kappa shape index (κ2) is 4.37. The highest BCUT2D eigenvalue weighted by Gasteiger charge is 2.49. The summed E-state index contributed by atoms with van der Waals surface area (Å²) in [5, 5.41) is 3.49. The van der Waals surface area contributed by atoms with Gasteiger partial charge in [-0.15, -0.1) is 0 Å². The first-order chi connectivity index (χ1) is 8.33. The standard InChI is InChI=1S/C13H19N3O/c1-16-6-5-15-8-12(16)13(9-17-10-13)11-3-2-4-14-7-11/h2-4,7,12,15H,5-6,8-10H2,1H3. The van der Waals surface area contributed by atoms with Crippen LogP contribution < -0.4 is 5.32 Å². The van der Waals surface area contributed by atoms with E-state index in [0.29, 0.717) is 6.04 Å². The molecule has 4 heteroatoms. The van der Waals surface area contributed by atoms with Crippen molar-refractivity contribution in [2.24, 2.45) is 0 Å². The van der Waals surface area contributed by atoms with Gasteiger partial charge in [0.05, 0.1) is 18.6 Å². The van der Waals surface area contributed by atoms with E-state index < -0.39 is 0 Å². The summed E-state index contributed by atoms with van der Waals surface area (Å²) >= 11 is 0. The molecule has 92 valence electrons. The van der Waals surface area contributed by atoms with Crippen LogP contribution in [0.4, 0.5) is 0 Å². The van der Waals surface area contributed by atoms with Gasteiger partial charge < -0.3 is 10.1 Å². The van der Waals surface area contributed by atoms with E-state index in [1.807, 2.05) is 18.5 Å². The third kappa shape index (κ3) is 1.76. The lowest BCUT2D eigenvalue weighted by molar-refractivity contribution is -0.103. The Morgan fingerprint density at radius 3 is 3.00 bits per heavy atom. The smallest absolute Gasteiger partial charge is 0.0603 e. The molecule has 0 bridgehead atoms. The number of piperazine rings is 1. The van der Waals surface area contributed by atoms with E-state index in [4.69, 9.17) is 4.74 Å². The van der Waals surface area contributed by atoms with E-state index in [1.165, 1.54) is 5.56 Å². The molecule has 17 heavy (non-hydrogen) atoms. The van der Waals surface area contributed by atoms with Gasteiger partial charge in [0.1, 0.15) is 0 Å². The molecule has 3 heterocycles. The maximum absolute atomic E-state index is 5.51. The number of aromatic nitrogens is 1. The summed E-state index contributed by atoms with van der Waals surface area (Å²) in [5.74, 6) is 0. The van der Waals surface area contributed by atoms with Crippen molar-refractivity contribution in [1.29, 1.82) is 0 Å². The molecular formula is C13H19N3O. The van der Waals surface area contributed by atoms with Crippen molar-refractivity contribution >= 4 is 0 Å². The molecule has 0 spiro atoms. The number of rotatable bonds is 2. The molecule has 2 aliphatic heterocycles. The topological polar surface area (TPSA) is 37.4 Å². The summed E-state index contributed by atoms with van der Waals surface area (Å²) in [7, 11) is 2.21. The Hall–Kier alpha value is -0.970. The predicted molar refractivity (Wildman–Crippen MR) is 66.0 cm³/mol. The minimum absolute atomic E-state index is 0.135. The lowest BCUT2D eigenvalue weighted by Crippen LogP contribution is -2.66. The van der Waals surface area contributed by atoms with Crippen molar-refractivity contribution < 1.29 is 4.74 Å². The molecule has 2 aliphatic rings. The average Bonchev–Trinajstić information content (AvgIpc) is 2.32. The predicted octanol–water partition coefficient (Wildman–Crippen LogP) is 0.253. The zero-order chi connectivity index (χ0) is 11.7. The molecular weight excluding hydrogens is 214 g/mol. The number of nitrogens with one attached hydrogen (secondary N) is 1. The maximum atomic E-state index is 5.51. The summed E-state index contributed by atoms with van der Waals surface area (Å²) in [6.45, 7) is 4.85. The number of hydrogen-bond donors (Lipinski definition) is 1. The van der Waals surface area contributed by atoms with E-state index in [1.54, 1.807) is 0 Å². The molecule has 0 amide bonds. The SMILES string of the molecule is CN1CCNCC1C1(c2cccnc2)COC1. The lowest BCUT2D eigenvalue weighted by Gasteiger charge is -2.52. The molecule has 1 aromatic rings. The highest BCUT2D eigenvalue weighted by Crippen LogP contribution is 2.37. The van der Waals surface area contributed by atoms with Crippen LogP contribution in [0, 0.1) is 0 Å². The van der Waals surface area contributed by atoms with Crippen LogP contribution in [0.3, 0.4) is 0 Å². The quantitative estimate of drug-likeness (QED) is 0.795. The van der Waals surface area contributed by atoms with Gasteiger partial charge >= 0.3 is 0 Å². The number of hydrogen-bond acceptors (Lipinski definition) is 4. The van der Waals surface area contributed by atoms with Gasteiger partial charge in [-0.05, 0) is 18.7 Å². The number of ether oxygens (including phenoxy) is 1. The Bertz CT molecular complexity index is 378. The van der Waals surface area contributed by atoms with Gasteiger partial charge in [-0.3, -0.25) is 9.88 Å². The summed E-state index contributed by atoms with van der Waals surface area (Å²) < 4.78 is 5.51. The first-order valence-electron chi connectivity index (χ1n) is 6.22. The first-order valence-corrected chi connectivity index (χ1v) is 6.22. The average molecular weight is 233 g/mol. The minimum Gasteiger partial charge on any atom is -0.379 e. The zero-order valence-electron chi connectivity index (χ0n) is 10.2. The van der Waals surface area contributed by atoms with E-state index >= 15 is 0 Å². The second-order valence-corrected chi connectivity index (χ2v) is 5.09. The molecule has 0 aromatic carbocycles. The normalized spacial score (nSPS) is 28.6. The molecule has 1 atom stereocenters. The van der Waals surface area contributed by atoms with Gasteiger partial charge in [-0.1, -0.05) is 6.07 Å². The first kappa shape index (κ1) is 11.1. The van der Waals surface area contributed by atoms with Gasteiger partial charge in [0, 0.05) is 38.1 Å². The number of nitrogens with zero attached hydrogens (tertiary/aromatic N) is 2. The van der Waals surface area contributed by atoms with Crippen LogP contribution in [-0.2, 0) is 10.2 Å². The van der Waals surface area contributed by atoms with Crippen LogP contribution in [0.1, 0.15) is 5.56 Å². The Morgan fingerprint density at radius 1 is 1.53 bits per heavy atom. The van der Waals surface area contributed by atoms with Crippen LogP contribution >= 0.6 is 0 Å². The molecule has 0 aliphatic carbocycles. The van der Waals surface area contributed by atoms with Crippen molar-refractivity contribution in [3.8, 4) is 0 Å². The maximum Gasteiger partial charge on any atom is 0.0603 e. The summed E-state index contributed by atoms with van der Waals surface area (Å²) in [4.78, 5) is 6.71. The fourth-order valence-corrected chi connectivity index (χ4v) is 2.95. The van der Waals surface area contributed by atoms with E-state index in [2.05, 4.69) is 28.3 Å². The van der Waals surface area contributed by atoms with Crippen molar-refractivity contribution in [3.05, 3.63) is 30.1 Å². The van der Waals surface area contributed by atoms with Gasteiger partial charge in [0.2, 0.25) is 0 Å². The highest BCUT2D eigenvalue weighted by molar-refractivity contribution is 5.28. The van der Waals surface area contributed by atoms with Gasteiger partial charge in [-0.2, -0.15) is 0 Å². The molecule has 4 nitrogen and oxygen atoms in total. The zero-order valence-corrected chi connectivity index (χ0v) is 10.2. The van der Waals surface area contributed by atoms with Crippen LogP contribution in [0.15, 0.2) is 24.5 Å². The molecule has 1 unspecified atom stereocenters. The lowest BCUT2D eigenvalue weighted by atomic mass is 9.72.